The van der Waals surface area contributed by atoms with Crippen LogP contribution in [0.4, 0.5) is 0 Å². The number of methoxy groups -OCH3 is 1. The van der Waals surface area contributed by atoms with Gasteiger partial charge in [-0.15, -0.1) is 0 Å². The molecule has 0 unspecified atom stereocenters. The zero-order valence-corrected chi connectivity index (χ0v) is 17.2. The predicted molar refractivity (Wildman–Crippen MR) is 114 cm³/mol. The van der Waals surface area contributed by atoms with Crippen LogP contribution in [-0.2, 0) is 29.4 Å². The summed E-state index contributed by atoms with van der Waals surface area (Å²) in [7, 11) is 3.73. The molecule has 0 radical (unpaired) electrons. The fourth-order valence-electron chi connectivity index (χ4n) is 3.60. The lowest BCUT2D eigenvalue weighted by atomic mass is 10.2. The quantitative estimate of drug-likeness (QED) is 0.573. The molecule has 0 spiro atoms. The van der Waals surface area contributed by atoms with Crippen LogP contribution in [0, 0.1) is 6.92 Å². The molecule has 0 aliphatic heterocycles. The minimum absolute atomic E-state index is 0.512. The first-order valence-electron chi connectivity index (χ1n) is 9.94. The highest BCUT2D eigenvalue weighted by Crippen LogP contribution is 2.26. The summed E-state index contributed by atoms with van der Waals surface area (Å²) in [5, 5.41) is 1.10. The molecule has 6 nitrogen and oxygen atoms in total. The molecule has 1 aliphatic rings. The normalized spacial score (nSPS) is 13.3. The van der Waals surface area contributed by atoms with E-state index in [2.05, 4.69) is 35.9 Å². The molecule has 29 heavy (non-hydrogen) atoms. The van der Waals surface area contributed by atoms with Crippen molar-refractivity contribution in [3.05, 3.63) is 65.1 Å². The van der Waals surface area contributed by atoms with Crippen molar-refractivity contribution in [3.63, 3.8) is 0 Å². The van der Waals surface area contributed by atoms with Crippen LogP contribution in [0.5, 0.6) is 0 Å². The van der Waals surface area contributed by atoms with Crippen molar-refractivity contribution in [2.75, 3.05) is 20.3 Å². The van der Waals surface area contributed by atoms with E-state index < -0.39 is 0 Å². The van der Waals surface area contributed by atoms with Gasteiger partial charge in [0, 0.05) is 38.1 Å². The van der Waals surface area contributed by atoms with Crippen LogP contribution >= 0.6 is 0 Å². The van der Waals surface area contributed by atoms with Crippen LogP contribution in [-0.4, -0.2) is 39.8 Å². The number of rotatable bonds is 7. The first kappa shape index (κ1) is 19.3. The second-order valence-corrected chi connectivity index (χ2v) is 7.11. The van der Waals surface area contributed by atoms with E-state index in [9.17, 15) is 0 Å². The average molecular weight is 390 g/mol. The summed E-state index contributed by atoms with van der Waals surface area (Å²) in [6.07, 6.45) is 8.66. The van der Waals surface area contributed by atoms with Gasteiger partial charge in [0.25, 0.3) is 0 Å². The number of benzene rings is 1. The van der Waals surface area contributed by atoms with Gasteiger partial charge < -0.3 is 14.0 Å². The molecule has 0 amide bonds. The lowest BCUT2D eigenvalue weighted by Gasteiger charge is -2.08. The van der Waals surface area contributed by atoms with Gasteiger partial charge in [0.15, 0.2) is 0 Å². The van der Waals surface area contributed by atoms with E-state index in [4.69, 9.17) is 24.4 Å². The largest absolute Gasteiger partial charge is 0.489 e. The van der Waals surface area contributed by atoms with Crippen molar-refractivity contribution in [2.45, 2.75) is 26.2 Å². The Morgan fingerprint density at radius 3 is 2.79 bits per heavy atom. The van der Waals surface area contributed by atoms with E-state index in [1.807, 2.05) is 25.1 Å². The Bertz CT molecular complexity index is 1080. The maximum absolute atomic E-state index is 5.92. The highest BCUT2D eigenvalue weighted by molar-refractivity contribution is 5.80. The first-order valence-corrected chi connectivity index (χ1v) is 9.94. The highest BCUT2D eigenvalue weighted by Gasteiger charge is 2.19. The minimum atomic E-state index is 0.512. The molecule has 150 valence electrons. The molecule has 2 heterocycles. The zero-order valence-electron chi connectivity index (χ0n) is 17.2. The van der Waals surface area contributed by atoms with Crippen molar-refractivity contribution < 1.29 is 9.47 Å². The Hall–Kier alpha value is -2.99. The van der Waals surface area contributed by atoms with Crippen molar-refractivity contribution in [3.8, 4) is 0 Å². The lowest BCUT2D eigenvalue weighted by molar-refractivity contribution is 0.132. The molecule has 0 atom stereocenters. The van der Waals surface area contributed by atoms with Gasteiger partial charge in [-0.25, -0.2) is 15.0 Å². The van der Waals surface area contributed by atoms with Crippen LogP contribution in [0.25, 0.3) is 22.7 Å². The topological polar surface area (TPSA) is 62.1 Å². The number of aryl methyl sites for hydroxylation is 3. The van der Waals surface area contributed by atoms with Crippen LogP contribution in [0.2, 0.25) is 0 Å². The number of imidazole rings is 1. The molecule has 1 aromatic carbocycles. The monoisotopic (exact) mass is 390 g/mol. The molecule has 3 aromatic rings. The SMILES string of the molecule is COCCOC1=CCC=Cc2c1nc(CCc1nc(C)c3ccccc3n1)n2C. The van der Waals surface area contributed by atoms with Crippen LogP contribution in [0.15, 0.2) is 36.4 Å². The number of hydrogen-bond donors (Lipinski definition) is 0. The van der Waals surface area contributed by atoms with Crippen molar-refractivity contribution in [1.82, 2.24) is 19.5 Å². The third-order valence-electron chi connectivity index (χ3n) is 5.14. The summed E-state index contributed by atoms with van der Waals surface area (Å²) in [5.41, 5.74) is 3.96. The fraction of sp³-hybridized carbons (Fsp3) is 0.348. The third kappa shape index (κ3) is 4.07. The standard InChI is InChI=1S/C23H26N4O2/c1-16-17-8-4-5-9-18(17)25-21(24-16)12-13-22-26-23-19(27(22)2)10-6-7-11-20(23)29-15-14-28-3/h4-6,8-11H,7,12-15H2,1-3H3. The molecule has 0 fully saturated rings. The zero-order chi connectivity index (χ0) is 20.2. The Morgan fingerprint density at radius 1 is 1.07 bits per heavy atom. The Labute approximate surface area is 170 Å². The van der Waals surface area contributed by atoms with E-state index in [1.165, 1.54) is 0 Å². The molecule has 0 saturated carbocycles. The maximum Gasteiger partial charge on any atom is 0.143 e. The van der Waals surface area contributed by atoms with E-state index in [-0.39, 0.29) is 0 Å². The summed E-state index contributed by atoms with van der Waals surface area (Å²) < 4.78 is 13.2. The molecule has 0 bridgehead atoms. The summed E-state index contributed by atoms with van der Waals surface area (Å²) in [4.78, 5) is 14.3. The molecule has 1 aliphatic carbocycles. The van der Waals surface area contributed by atoms with Gasteiger partial charge in [-0.1, -0.05) is 24.3 Å². The van der Waals surface area contributed by atoms with Crippen LogP contribution in [0.3, 0.4) is 0 Å². The molecular weight excluding hydrogens is 364 g/mol. The van der Waals surface area contributed by atoms with Crippen LogP contribution in [0.1, 0.15) is 35.2 Å². The second-order valence-electron chi connectivity index (χ2n) is 7.11. The number of hydrogen-bond acceptors (Lipinski definition) is 5. The minimum Gasteiger partial charge on any atom is -0.489 e. The predicted octanol–water partition coefficient (Wildman–Crippen LogP) is 3.88. The number of aromatic nitrogens is 4. The van der Waals surface area contributed by atoms with E-state index in [1.54, 1.807) is 7.11 Å². The summed E-state index contributed by atoms with van der Waals surface area (Å²) in [6.45, 7) is 3.10. The summed E-state index contributed by atoms with van der Waals surface area (Å²) >= 11 is 0. The summed E-state index contributed by atoms with van der Waals surface area (Å²) in [5.74, 6) is 2.67. The van der Waals surface area contributed by atoms with Crippen molar-refractivity contribution >= 4 is 22.7 Å². The molecule has 0 saturated heterocycles. The van der Waals surface area contributed by atoms with Gasteiger partial charge in [-0.2, -0.15) is 0 Å². The van der Waals surface area contributed by atoms with Gasteiger partial charge in [0.05, 0.1) is 17.8 Å². The van der Waals surface area contributed by atoms with Crippen LogP contribution < -0.4 is 0 Å². The van der Waals surface area contributed by atoms with Gasteiger partial charge in [-0.3, -0.25) is 0 Å². The Morgan fingerprint density at radius 2 is 1.93 bits per heavy atom. The fourth-order valence-corrected chi connectivity index (χ4v) is 3.60. The van der Waals surface area contributed by atoms with E-state index in [0.29, 0.717) is 13.2 Å². The third-order valence-corrected chi connectivity index (χ3v) is 5.14. The Kier molecular flexibility index (Phi) is 5.71. The molecule has 2 aromatic heterocycles. The van der Waals surface area contributed by atoms with Crippen molar-refractivity contribution in [1.29, 1.82) is 0 Å². The Balaban J connectivity index is 1.56. The van der Waals surface area contributed by atoms with Gasteiger partial charge in [0.1, 0.15) is 29.7 Å². The summed E-state index contributed by atoms with van der Waals surface area (Å²) in [6, 6.07) is 8.13. The molecule has 0 N–H and O–H groups in total. The van der Waals surface area contributed by atoms with E-state index in [0.717, 1.165) is 64.7 Å². The average Bonchev–Trinajstić information content (AvgIpc) is 2.90. The number of fused-ring (bicyclic) bond motifs is 2. The van der Waals surface area contributed by atoms with Gasteiger partial charge in [-0.05, 0) is 31.6 Å². The lowest BCUT2D eigenvalue weighted by Crippen LogP contribution is -2.05. The number of nitrogens with zero attached hydrogens (tertiary/aromatic N) is 4. The maximum atomic E-state index is 5.92. The first-order chi connectivity index (χ1) is 14.2. The molecule has 4 rings (SSSR count). The van der Waals surface area contributed by atoms with Crippen molar-refractivity contribution in [2.24, 2.45) is 7.05 Å². The van der Waals surface area contributed by atoms with Gasteiger partial charge >= 0.3 is 0 Å². The number of ether oxygens (including phenoxy) is 2. The molecule has 6 heteroatoms. The smallest absolute Gasteiger partial charge is 0.143 e. The molecular formula is C23H26N4O2. The number of allylic oxidation sites excluding steroid dienone is 2. The highest BCUT2D eigenvalue weighted by atomic mass is 16.5. The second kappa shape index (κ2) is 8.57. The number of para-hydroxylation sites is 1. The van der Waals surface area contributed by atoms with Gasteiger partial charge in [0.2, 0.25) is 0 Å². The van der Waals surface area contributed by atoms with E-state index >= 15 is 0 Å².